The number of carboxylic acid groups (broad SMARTS) is 1. The van der Waals surface area contributed by atoms with Crippen molar-refractivity contribution in [1.82, 2.24) is 0 Å². The van der Waals surface area contributed by atoms with E-state index in [0.717, 1.165) is 0 Å². The molecule has 0 spiro atoms. The number of rotatable bonds is 7. The highest BCUT2D eigenvalue weighted by Gasteiger charge is 2.16. The van der Waals surface area contributed by atoms with Crippen molar-refractivity contribution in [3.05, 3.63) is 52.5 Å². The summed E-state index contributed by atoms with van der Waals surface area (Å²) in [6.45, 7) is 3.68. The molecule has 0 unspecified atom stereocenters. The monoisotopic (exact) mass is 377 g/mol. The average Bonchev–Trinajstić information content (AvgIpc) is 2.57. The molecular weight excluding hydrogens is 358 g/mol. The van der Waals surface area contributed by atoms with Crippen molar-refractivity contribution in [2.24, 2.45) is 0 Å². The van der Waals surface area contributed by atoms with Gasteiger partial charge in [-0.1, -0.05) is 17.7 Å². The van der Waals surface area contributed by atoms with Gasteiger partial charge in [-0.2, -0.15) is 0 Å². The molecule has 0 radical (unpaired) electrons. The maximum atomic E-state index is 12.5. The van der Waals surface area contributed by atoms with Gasteiger partial charge in [0.25, 0.3) is 0 Å². The molecule has 0 atom stereocenters. The minimum absolute atomic E-state index is 0.0265. The third-order valence-electron chi connectivity index (χ3n) is 3.50. The van der Waals surface area contributed by atoms with Gasteiger partial charge in [0.15, 0.2) is 0 Å². The van der Waals surface area contributed by atoms with E-state index in [4.69, 9.17) is 26.2 Å². The number of carbonyl (C=O) groups is 2. The van der Waals surface area contributed by atoms with Gasteiger partial charge in [0, 0.05) is 10.6 Å². The molecule has 0 aliphatic heterocycles. The smallest absolute Gasteiger partial charge is 0.335 e. The third-order valence-corrected chi connectivity index (χ3v) is 3.85. The molecule has 7 heteroatoms. The lowest BCUT2D eigenvalue weighted by atomic mass is 10.1. The molecule has 0 aliphatic rings. The molecule has 0 bridgehead atoms. The molecule has 0 heterocycles. The largest absolute Gasteiger partial charge is 0.496 e. The van der Waals surface area contributed by atoms with Crippen LogP contribution in [-0.4, -0.2) is 30.2 Å². The van der Waals surface area contributed by atoms with Crippen LogP contribution < -0.4 is 14.8 Å². The number of carbonyl (C=O) groups excluding carboxylic acids is 1. The molecule has 0 saturated heterocycles. The second-order valence-electron chi connectivity index (χ2n) is 5.83. The van der Waals surface area contributed by atoms with E-state index in [0.29, 0.717) is 22.1 Å². The lowest BCUT2D eigenvalue weighted by Gasteiger charge is -2.16. The van der Waals surface area contributed by atoms with Crippen LogP contribution in [0.15, 0.2) is 36.4 Å². The first-order valence-electron chi connectivity index (χ1n) is 7.97. The second kappa shape index (κ2) is 8.58. The standard InChI is InChI=1S/C19H20ClNO5/c1-11(2)26-17-8-7-12(19(23)24)9-15(17)21-18(22)10-13-14(20)5-4-6-16(13)25-3/h4-9,11H,10H2,1-3H3,(H,21,22)(H,23,24). The Balaban J connectivity index is 2.27. The highest BCUT2D eigenvalue weighted by atomic mass is 35.5. The first-order valence-corrected chi connectivity index (χ1v) is 8.34. The number of amides is 1. The summed E-state index contributed by atoms with van der Waals surface area (Å²) in [6.07, 6.45) is -0.161. The van der Waals surface area contributed by atoms with Crippen LogP contribution in [0.25, 0.3) is 0 Å². The van der Waals surface area contributed by atoms with Gasteiger partial charge >= 0.3 is 5.97 Å². The second-order valence-corrected chi connectivity index (χ2v) is 6.24. The highest BCUT2D eigenvalue weighted by molar-refractivity contribution is 6.31. The molecule has 0 aliphatic carbocycles. The van der Waals surface area contributed by atoms with Crippen molar-refractivity contribution < 1.29 is 24.2 Å². The van der Waals surface area contributed by atoms with Crippen LogP contribution in [0.4, 0.5) is 5.69 Å². The third kappa shape index (κ3) is 4.89. The van der Waals surface area contributed by atoms with Crippen LogP contribution in [0.1, 0.15) is 29.8 Å². The van der Waals surface area contributed by atoms with Gasteiger partial charge in [-0.3, -0.25) is 4.79 Å². The number of ether oxygens (including phenoxy) is 2. The Morgan fingerprint density at radius 1 is 1.19 bits per heavy atom. The summed E-state index contributed by atoms with van der Waals surface area (Å²) in [6, 6.07) is 9.43. The Hall–Kier alpha value is -2.73. The Kier molecular flexibility index (Phi) is 6.46. The quantitative estimate of drug-likeness (QED) is 0.761. The topological polar surface area (TPSA) is 84.9 Å². The SMILES string of the molecule is COc1cccc(Cl)c1CC(=O)Nc1cc(C(=O)O)ccc1OC(C)C. The molecular formula is C19H20ClNO5. The zero-order valence-electron chi connectivity index (χ0n) is 14.7. The van der Waals surface area contributed by atoms with Crippen LogP contribution in [0, 0.1) is 0 Å². The molecule has 2 aromatic carbocycles. The molecule has 6 nitrogen and oxygen atoms in total. The fourth-order valence-electron chi connectivity index (χ4n) is 2.37. The summed E-state index contributed by atoms with van der Waals surface area (Å²) < 4.78 is 10.9. The molecule has 2 rings (SSSR count). The maximum Gasteiger partial charge on any atom is 0.335 e. The van der Waals surface area contributed by atoms with Crippen molar-refractivity contribution in [2.45, 2.75) is 26.4 Å². The Labute approximate surface area is 156 Å². The summed E-state index contributed by atoms with van der Waals surface area (Å²) in [5.74, 6) is -0.563. The molecule has 0 aromatic heterocycles. The number of aromatic carboxylic acids is 1. The molecule has 0 fully saturated rings. The molecule has 26 heavy (non-hydrogen) atoms. The van der Waals surface area contributed by atoms with Crippen LogP contribution >= 0.6 is 11.6 Å². The zero-order valence-corrected chi connectivity index (χ0v) is 15.5. The van der Waals surface area contributed by atoms with Crippen LogP contribution in [0.2, 0.25) is 5.02 Å². The highest BCUT2D eigenvalue weighted by Crippen LogP contribution is 2.29. The van der Waals surface area contributed by atoms with E-state index in [1.807, 2.05) is 13.8 Å². The van der Waals surface area contributed by atoms with Gasteiger partial charge in [0.1, 0.15) is 11.5 Å². The van der Waals surface area contributed by atoms with Crippen molar-refractivity contribution in [1.29, 1.82) is 0 Å². The van der Waals surface area contributed by atoms with Crippen molar-refractivity contribution >= 4 is 29.2 Å². The first-order chi connectivity index (χ1) is 12.3. The van der Waals surface area contributed by atoms with E-state index < -0.39 is 5.97 Å². The van der Waals surface area contributed by atoms with Gasteiger partial charge in [0.2, 0.25) is 5.91 Å². The van der Waals surface area contributed by atoms with E-state index in [1.54, 1.807) is 18.2 Å². The summed E-state index contributed by atoms with van der Waals surface area (Å²) in [7, 11) is 1.50. The Bertz CT molecular complexity index is 820. The summed E-state index contributed by atoms with van der Waals surface area (Å²) >= 11 is 6.16. The lowest BCUT2D eigenvalue weighted by Crippen LogP contribution is -2.17. The number of hydrogen-bond acceptors (Lipinski definition) is 4. The van der Waals surface area contributed by atoms with Gasteiger partial charge in [0.05, 0.1) is 30.9 Å². The van der Waals surface area contributed by atoms with E-state index in [9.17, 15) is 9.59 Å². The van der Waals surface area contributed by atoms with Gasteiger partial charge in [-0.15, -0.1) is 0 Å². The number of carboxylic acids is 1. The van der Waals surface area contributed by atoms with Crippen molar-refractivity contribution in [2.75, 3.05) is 12.4 Å². The van der Waals surface area contributed by atoms with Crippen molar-refractivity contribution in [3.63, 3.8) is 0 Å². The molecule has 1 amide bonds. The number of benzene rings is 2. The normalized spacial score (nSPS) is 10.5. The predicted octanol–water partition coefficient (Wildman–Crippen LogP) is 4.02. The minimum atomic E-state index is -1.09. The number of hydrogen-bond donors (Lipinski definition) is 2. The van der Waals surface area contributed by atoms with E-state index in [2.05, 4.69) is 5.32 Å². The molecule has 0 saturated carbocycles. The fourth-order valence-corrected chi connectivity index (χ4v) is 2.61. The van der Waals surface area contributed by atoms with Gasteiger partial charge in [-0.25, -0.2) is 4.79 Å². The lowest BCUT2D eigenvalue weighted by molar-refractivity contribution is -0.115. The van der Waals surface area contributed by atoms with Crippen LogP contribution in [-0.2, 0) is 11.2 Å². The predicted molar refractivity (Wildman–Crippen MR) is 99.5 cm³/mol. The van der Waals surface area contributed by atoms with Gasteiger partial charge in [-0.05, 0) is 44.2 Å². The molecule has 138 valence electrons. The number of anilines is 1. The Morgan fingerprint density at radius 3 is 2.54 bits per heavy atom. The number of halogens is 1. The molecule has 2 aromatic rings. The maximum absolute atomic E-state index is 12.5. The van der Waals surface area contributed by atoms with E-state index >= 15 is 0 Å². The zero-order chi connectivity index (χ0) is 19.3. The number of nitrogens with one attached hydrogen (secondary N) is 1. The summed E-state index contributed by atoms with van der Waals surface area (Å²) in [4.78, 5) is 23.7. The summed E-state index contributed by atoms with van der Waals surface area (Å²) in [5.41, 5.74) is 0.885. The first kappa shape index (κ1) is 19.6. The molecule has 2 N–H and O–H groups in total. The fraction of sp³-hybridized carbons (Fsp3) is 0.263. The minimum Gasteiger partial charge on any atom is -0.496 e. The van der Waals surface area contributed by atoms with Crippen molar-refractivity contribution in [3.8, 4) is 11.5 Å². The van der Waals surface area contributed by atoms with Gasteiger partial charge < -0.3 is 19.9 Å². The summed E-state index contributed by atoms with van der Waals surface area (Å²) in [5, 5.41) is 12.3. The average molecular weight is 378 g/mol. The van der Waals surface area contributed by atoms with Crippen LogP contribution in [0.5, 0.6) is 11.5 Å². The van der Waals surface area contributed by atoms with E-state index in [-0.39, 0.29) is 29.7 Å². The Morgan fingerprint density at radius 2 is 1.92 bits per heavy atom. The number of methoxy groups -OCH3 is 1. The van der Waals surface area contributed by atoms with E-state index in [1.165, 1.54) is 25.3 Å². The van der Waals surface area contributed by atoms with Crippen LogP contribution in [0.3, 0.4) is 0 Å².